The predicted molar refractivity (Wildman–Crippen MR) is 107 cm³/mol. The number of rotatable bonds is 4. The van der Waals surface area contributed by atoms with Crippen LogP contribution in [0.25, 0.3) is 11.0 Å². The van der Waals surface area contributed by atoms with Gasteiger partial charge in [0.25, 0.3) is 5.91 Å². The summed E-state index contributed by atoms with van der Waals surface area (Å²) < 4.78 is 2.34. The second-order valence-electron chi connectivity index (χ2n) is 7.57. The number of carbonyl (C=O) groups excluding carboxylic acids is 1. The van der Waals surface area contributed by atoms with Crippen molar-refractivity contribution in [2.45, 2.75) is 44.7 Å². The molecule has 3 aromatic rings. The Hall–Kier alpha value is -2.25. The van der Waals surface area contributed by atoms with Gasteiger partial charge in [-0.15, -0.1) is 11.3 Å². The van der Waals surface area contributed by atoms with Crippen molar-refractivity contribution in [2.24, 2.45) is 4.99 Å². The number of thiazole rings is 1. The fourth-order valence-electron chi connectivity index (χ4n) is 3.94. The molecule has 1 fully saturated rings. The first-order valence-electron chi connectivity index (χ1n) is 9.62. The van der Waals surface area contributed by atoms with E-state index >= 15 is 0 Å². The maximum absolute atomic E-state index is 12.9. The number of hydrogen-bond acceptors (Lipinski definition) is 3. The lowest BCUT2D eigenvalue weighted by molar-refractivity contribution is -0.873. The number of H-pyrrole nitrogens is 1. The Kier molecular flexibility index (Phi) is 5.22. The molecule has 1 aliphatic carbocycles. The molecule has 0 bridgehead atoms. The summed E-state index contributed by atoms with van der Waals surface area (Å²) >= 11 is 1.58. The molecule has 4 rings (SSSR count). The number of quaternary nitrogens is 1. The van der Waals surface area contributed by atoms with Gasteiger partial charge in [-0.25, -0.2) is 4.98 Å². The van der Waals surface area contributed by atoms with Gasteiger partial charge in [0.15, 0.2) is 4.80 Å². The van der Waals surface area contributed by atoms with E-state index in [2.05, 4.69) is 39.0 Å². The molecular weight excluding hydrogens is 358 g/mol. The van der Waals surface area contributed by atoms with Crippen LogP contribution in [0.2, 0.25) is 0 Å². The SMILES string of the molecule is C[NH+](C)Cc1csc(=NC(=O)c2c[nH]c3ncccc23)n1C1CCCCC1. The van der Waals surface area contributed by atoms with Crippen LogP contribution in [0.4, 0.5) is 0 Å². The van der Waals surface area contributed by atoms with Crippen molar-refractivity contribution < 1.29 is 9.69 Å². The van der Waals surface area contributed by atoms with Gasteiger partial charge in [-0.3, -0.25) is 4.79 Å². The molecule has 3 aromatic heterocycles. The number of fused-ring (bicyclic) bond motifs is 1. The van der Waals surface area contributed by atoms with Gasteiger partial charge in [0.1, 0.15) is 12.2 Å². The molecule has 1 aliphatic rings. The fourth-order valence-corrected chi connectivity index (χ4v) is 4.89. The molecule has 142 valence electrons. The van der Waals surface area contributed by atoms with Crippen molar-refractivity contribution in [3.63, 3.8) is 0 Å². The number of nitrogens with zero attached hydrogens (tertiary/aromatic N) is 3. The molecule has 0 atom stereocenters. The van der Waals surface area contributed by atoms with Crippen LogP contribution < -0.4 is 9.70 Å². The van der Waals surface area contributed by atoms with Gasteiger partial charge in [0.2, 0.25) is 0 Å². The van der Waals surface area contributed by atoms with E-state index in [0.29, 0.717) is 11.6 Å². The third-order valence-electron chi connectivity index (χ3n) is 5.17. The molecule has 1 amide bonds. The zero-order valence-electron chi connectivity index (χ0n) is 15.9. The molecule has 0 aliphatic heterocycles. The monoisotopic (exact) mass is 384 g/mol. The van der Waals surface area contributed by atoms with Crippen LogP contribution in [0.15, 0.2) is 34.9 Å². The minimum absolute atomic E-state index is 0.204. The molecule has 0 radical (unpaired) electrons. The van der Waals surface area contributed by atoms with Crippen LogP contribution in [0, 0.1) is 0 Å². The quantitative estimate of drug-likeness (QED) is 0.725. The number of carbonyl (C=O) groups is 1. The molecule has 27 heavy (non-hydrogen) atoms. The van der Waals surface area contributed by atoms with Crippen LogP contribution in [0.1, 0.15) is 54.2 Å². The highest BCUT2D eigenvalue weighted by atomic mass is 32.1. The summed E-state index contributed by atoms with van der Waals surface area (Å²) in [6.07, 6.45) is 9.59. The molecular formula is C20H26N5OS+. The zero-order valence-corrected chi connectivity index (χ0v) is 16.7. The van der Waals surface area contributed by atoms with Crippen LogP contribution in [0.5, 0.6) is 0 Å². The van der Waals surface area contributed by atoms with E-state index in [4.69, 9.17) is 0 Å². The van der Waals surface area contributed by atoms with Gasteiger partial charge in [0.05, 0.1) is 25.4 Å². The molecule has 0 unspecified atom stereocenters. The lowest BCUT2D eigenvalue weighted by Crippen LogP contribution is -3.04. The minimum Gasteiger partial charge on any atom is -0.345 e. The van der Waals surface area contributed by atoms with Crippen molar-refractivity contribution >= 4 is 28.3 Å². The average Bonchev–Trinajstić information content (AvgIpc) is 3.26. The summed E-state index contributed by atoms with van der Waals surface area (Å²) in [6.45, 7) is 0.938. The van der Waals surface area contributed by atoms with E-state index in [9.17, 15) is 4.79 Å². The normalized spacial score (nSPS) is 16.5. The summed E-state index contributed by atoms with van der Waals surface area (Å²) in [5.41, 5.74) is 2.58. The number of aromatic amines is 1. The second kappa shape index (κ2) is 7.78. The Bertz CT molecular complexity index is 1010. The summed E-state index contributed by atoms with van der Waals surface area (Å²) in [5.74, 6) is -0.204. The van der Waals surface area contributed by atoms with Crippen LogP contribution in [-0.2, 0) is 6.54 Å². The largest absolute Gasteiger partial charge is 0.345 e. The van der Waals surface area contributed by atoms with Gasteiger partial charge in [-0.1, -0.05) is 19.3 Å². The Morgan fingerprint density at radius 2 is 2.19 bits per heavy atom. The summed E-state index contributed by atoms with van der Waals surface area (Å²) in [7, 11) is 4.31. The molecule has 7 heteroatoms. The Balaban J connectivity index is 1.75. The number of amides is 1. The highest BCUT2D eigenvalue weighted by Crippen LogP contribution is 2.28. The molecule has 0 spiro atoms. The maximum Gasteiger partial charge on any atom is 0.281 e. The molecule has 3 heterocycles. The standard InChI is InChI=1S/C20H25N5OS/c1-24(2)12-15-13-27-20(25(15)14-7-4-3-5-8-14)23-19(26)17-11-22-18-16(17)9-6-10-21-18/h6,9-11,13-14H,3-5,7-8,12H2,1-2H3,(H,21,22)/p+1. The minimum atomic E-state index is -0.204. The van der Waals surface area contributed by atoms with Crippen molar-refractivity contribution in [2.75, 3.05) is 14.1 Å². The Morgan fingerprint density at radius 3 is 2.96 bits per heavy atom. The van der Waals surface area contributed by atoms with Crippen molar-refractivity contribution in [3.05, 3.63) is 46.0 Å². The highest BCUT2D eigenvalue weighted by Gasteiger charge is 2.21. The van der Waals surface area contributed by atoms with E-state index in [1.807, 2.05) is 12.1 Å². The maximum atomic E-state index is 12.9. The van der Waals surface area contributed by atoms with Crippen molar-refractivity contribution in [1.82, 2.24) is 14.5 Å². The van der Waals surface area contributed by atoms with Crippen LogP contribution >= 0.6 is 11.3 Å². The number of nitrogens with one attached hydrogen (secondary N) is 2. The molecule has 0 aromatic carbocycles. The third-order valence-corrected chi connectivity index (χ3v) is 6.06. The van der Waals surface area contributed by atoms with Gasteiger partial charge in [-0.2, -0.15) is 4.99 Å². The smallest absolute Gasteiger partial charge is 0.281 e. The van der Waals surface area contributed by atoms with Gasteiger partial charge in [0, 0.05) is 29.2 Å². The van der Waals surface area contributed by atoms with Gasteiger partial charge < -0.3 is 14.5 Å². The van der Waals surface area contributed by atoms with E-state index in [-0.39, 0.29) is 5.91 Å². The predicted octanol–water partition coefficient (Wildman–Crippen LogP) is 2.32. The highest BCUT2D eigenvalue weighted by molar-refractivity contribution is 7.07. The summed E-state index contributed by atoms with van der Waals surface area (Å²) in [6, 6.07) is 4.21. The summed E-state index contributed by atoms with van der Waals surface area (Å²) in [5, 5.41) is 3.00. The van der Waals surface area contributed by atoms with Crippen LogP contribution in [0.3, 0.4) is 0 Å². The topological polar surface area (TPSA) is 67.5 Å². The van der Waals surface area contributed by atoms with Crippen molar-refractivity contribution in [1.29, 1.82) is 0 Å². The Morgan fingerprint density at radius 1 is 1.37 bits per heavy atom. The number of aromatic nitrogens is 3. The van der Waals surface area contributed by atoms with E-state index in [1.165, 1.54) is 42.7 Å². The molecule has 0 saturated heterocycles. The lowest BCUT2D eigenvalue weighted by Gasteiger charge is -2.25. The third kappa shape index (κ3) is 3.75. The fraction of sp³-hybridized carbons (Fsp3) is 0.450. The van der Waals surface area contributed by atoms with Gasteiger partial charge in [-0.05, 0) is 25.0 Å². The van der Waals surface area contributed by atoms with E-state index in [0.717, 1.165) is 22.4 Å². The molecule has 2 N–H and O–H groups in total. The first-order valence-corrected chi connectivity index (χ1v) is 10.5. The van der Waals surface area contributed by atoms with E-state index in [1.54, 1.807) is 23.7 Å². The zero-order chi connectivity index (χ0) is 18.8. The van der Waals surface area contributed by atoms with Crippen molar-refractivity contribution in [3.8, 4) is 0 Å². The lowest BCUT2D eigenvalue weighted by atomic mass is 9.95. The first kappa shape index (κ1) is 18.1. The first-order chi connectivity index (χ1) is 13.1. The number of pyridine rings is 1. The van der Waals surface area contributed by atoms with Gasteiger partial charge >= 0.3 is 0 Å². The second-order valence-corrected chi connectivity index (χ2v) is 8.41. The Labute approximate surface area is 162 Å². The molecule has 6 nitrogen and oxygen atoms in total. The van der Waals surface area contributed by atoms with E-state index < -0.39 is 0 Å². The van der Waals surface area contributed by atoms with Crippen LogP contribution in [-0.4, -0.2) is 34.5 Å². The summed E-state index contributed by atoms with van der Waals surface area (Å²) in [4.78, 5) is 27.0. The average molecular weight is 385 g/mol. The number of hydrogen-bond donors (Lipinski definition) is 2. The molecule has 1 saturated carbocycles.